The molecule has 2 aliphatic rings. The average Bonchev–Trinajstić information content (AvgIpc) is 3.38. The van der Waals surface area contributed by atoms with E-state index in [1.807, 2.05) is 6.92 Å². The van der Waals surface area contributed by atoms with Gasteiger partial charge in [0.2, 0.25) is 0 Å². The summed E-state index contributed by atoms with van der Waals surface area (Å²) in [6.45, 7) is 19.2. The van der Waals surface area contributed by atoms with Gasteiger partial charge in [0.1, 0.15) is 0 Å². The molecule has 0 spiro atoms. The summed E-state index contributed by atoms with van der Waals surface area (Å²) >= 11 is 0. The molecule has 1 N–H and O–H groups in total. The molecule has 1 aromatic rings. The molecule has 0 amide bonds. The number of rotatable bonds is 9. The Bertz CT molecular complexity index is 760. The van der Waals surface area contributed by atoms with E-state index in [1.165, 1.54) is 30.4 Å². The van der Waals surface area contributed by atoms with E-state index < -0.39 is 0 Å². The molecule has 0 bridgehead atoms. The molecule has 2 saturated carbocycles. The van der Waals surface area contributed by atoms with Gasteiger partial charge in [0.05, 0.1) is 0 Å². The van der Waals surface area contributed by atoms with Gasteiger partial charge in [-0.3, -0.25) is 4.90 Å². The molecule has 0 radical (unpaired) electrons. The second-order valence-electron chi connectivity index (χ2n) is 11.0. The van der Waals surface area contributed by atoms with E-state index in [-0.39, 0.29) is 11.1 Å². The van der Waals surface area contributed by atoms with Crippen LogP contribution in [0.4, 0.5) is 0 Å². The van der Waals surface area contributed by atoms with Crippen LogP contribution in [0, 0.1) is 5.92 Å². The van der Waals surface area contributed by atoms with Gasteiger partial charge in [-0.1, -0.05) is 66.8 Å². The fourth-order valence-corrected chi connectivity index (χ4v) is 4.91. The maximum absolute atomic E-state index is 4.29. The van der Waals surface area contributed by atoms with Crippen molar-refractivity contribution in [2.45, 2.75) is 89.9 Å². The van der Waals surface area contributed by atoms with E-state index >= 15 is 0 Å². The van der Waals surface area contributed by atoms with Crippen LogP contribution in [0.2, 0.25) is 0 Å². The number of hydrogen-bond acceptors (Lipinski definition) is 2. The van der Waals surface area contributed by atoms with E-state index in [0.717, 1.165) is 12.5 Å². The molecular weight excluding hydrogens is 364 g/mol. The van der Waals surface area contributed by atoms with Crippen LogP contribution in [-0.2, 0) is 0 Å². The molecule has 1 aromatic carbocycles. The van der Waals surface area contributed by atoms with Crippen molar-refractivity contribution in [1.29, 1.82) is 0 Å². The molecule has 0 saturated heterocycles. The Labute approximate surface area is 185 Å². The van der Waals surface area contributed by atoms with Crippen molar-refractivity contribution in [3.05, 3.63) is 72.4 Å². The third-order valence-corrected chi connectivity index (χ3v) is 6.71. The number of nitrogens with one attached hydrogen (secondary N) is 1. The van der Waals surface area contributed by atoms with Crippen LogP contribution in [0.1, 0.15) is 72.3 Å². The first-order valence-electron chi connectivity index (χ1n) is 11.7. The number of hydrogen-bond donors (Lipinski definition) is 1. The molecule has 2 nitrogen and oxygen atoms in total. The molecule has 2 heteroatoms. The minimum atomic E-state index is 0.0812. The zero-order valence-corrected chi connectivity index (χ0v) is 20.0. The van der Waals surface area contributed by atoms with Gasteiger partial charge in [-0.15, -0.1) is 0 Å². The van der Waals surface area contributed by atoms with Crippen LogP contribution < -0.4 is 5.32 Å². The Morgan fingerprint density at radius 3 is 2.33 bits per heavy atom. The average molecular weight is 407 g/mol. The summed E-state index contributed by atoms with van der Waals surface area (Å²) in [4.78, 5) is 2.75. The third kappa shape index (κ3) is 5.95. The first-order chi connectivity index (χ1) is 14.1. The molecule has 0 aliphatic heterocycles. The van der Waals surface area contributed by atoms with Crippen LogP contribution in [0.15, 0.2) is 66.8 Å². The van der Waals surface area contributed by atoms with Crippen molar-refractivity contribution in [3.8, 4) is 0 Å². The fourth-order valence-electron chi connectivity index (χ4n) is 4.91. The van der Waals surface area contributed by atoms with E-state index in [4.69, 9.17) is 0 Å². The SMILES string of the molecule is C=C(/C=C\C=C/C)[C@H]1CC1NC(C)(C)CN(C1CC(c2ccccc2)C1)C(C)(C)C. The van der Waals surface area contributed by atoms with Crippen molar-refractivity contribution in [3.63, 3.8) is 0 Å². The zero-order chi connectivity index (χ0) is 21.9. The van der Waals surface area contributed by atoms with Gasteiger partial charge in [0.15, 0.2) is 0 Å². The first-order valence-corrected chi connectivity index (χ1v) is 11.7. The largest absolute Gasteiger partial charge is 0.307 e. The number of allylic oxidation sites excluding steroid dienone is 4. The monoisotopic (exact) mass is 406 g/mol. The minimum Gasteiger partial charge on any atom is -0.307 e. The third-order valence-electron chi connectivity index (χ3n) is 6.71. The van der Waals surface area contributed by atoms with Crippen molar-refractivity contribution < 1.29 is 0 Å². The summed E-state index contributed by atoms with van der Waals surface area (Å²) in [6.07, 6.45) is 12.1. The molecule has 30 heavy (non-hydrogen) atoms. The molecule has 164 valence electrons. The lowest BCUT2D eigenvalue weighted by molar-refractivity contribution is 0.00775. The van der Waals surface area contributed by atoms with Crippen molar-refractivity contribution in [2.75, 3.05) is 6.54 Å². The van der Waals surface area contributed by atoms with Crippen LogP contribution in [0.25, 0.3) is 0 Å². The Balaban J connectivity index is 1.55. The lowest BCUT2D eigenvalue weighted by Gasteiger charge is -2.52. The van der Waals surface area contributed by atoms with Gasteiger partial charge < -0.3 is 5.32 Å². The highest BCUT2D eigenvalue weighted by molar-refractivity contribution is 5.28. The molecule has 2 atom stereocenters. The minimum absolute atomic E-state index is 0.0812. The van der Waals surface area contributed by atoms with Crippen molar-refractivity contribution >= 4 is 0 Å². The predicted molar refractivity (Wildman–Crippen MR) is 131 cm³/mol. The lowest BCUT2D eigenvalue weighted by Crippen LogP contribution is -2.60. The first kappa shape index (κ1) is 23.0. The fraction of sp³-hybridized carbons (Fsp3) is 0.571. The lowest BCUT2D eigenvalue weighted by atomic mass is 9.73. The van der Waals surface area contributed by atoms with Crippen LogP contribution in [-0.4, -0.2) is 34.6 Å². The molecule has 2 fully saturated rings. The Morgan fingerprint density at radius 2 is 1.73 bits per heavy atom. The summed E-state index contributed by atoms with van der Waals surface area (Å²) in [7, 11) is 0. The van der Waals surface area contributed by atoms with Gasteiger partial charge in [-0.25, -0.2) is 0 Å². The predicted octanol–water partition coefficient (Wildman–Crippen LogP) is 6.48. The van der Waals surface area contributed by atoms with Crippen LogP contribution in [0.3, 0.4) is 0 Å². The molecule has 0 aromatic heterocycles. The quantitative estimate of drug-likeness (QED) is 0.472. The summed E-state index contributed by atoms with van der Waals surface area (Å²) < 4.78 is 0. The van der Waals surface area contributed by atoms with E-state index in [2.05, 4.69) is 106 Å². The highest BCUT2D eigenvalue weighted by atomic mass is 15.3. The van der Waals surface area contributed by atoms with Gasteiger partial charge >= 0.3 is 0 Å². The highest BCUT2D eigenvalue weighted by Gasteiger charge is 2.44. The summed E-state index contributed by atoms with van der Waals surface area (Å²) in [5, 5.41) is 3.95. The number of nitrogens with zero attached hydrogens (tertiary/aromatic N) is 1. The smallest absolute Gasteiger partial charge is 0.0255 e. The number of benzene rings is 1. The Morgan fingerprint density at radius 1 is 1.07 bits per heavy atom. The van der Waals surface area contributed by atoms with E-state index in [1.54, 1.807) is 0 Å². The molecule has 2 aliphatic carbocycles. The Hall–Kier alpha value is -1.64. The van der Waals surface area contributed by atoms with Gasteiger partial charge in [0, 0.05) is 35.6 Å². The Kier molecular flexibility index (Phi) is 7.09. The van der Waals surface area contributed by atoms with Gasteiger partial charge in [-0.2, -0.15) is 0 Å². The normalized spacial score (nSPS) is 27.0. The second-order valence-corrected chi connectivity index (χ2v) is 11.0. The molecule has 3 rings (SSSR count). The molecule has 0 heterocycles. The maximum atomic E-state index is 4.29. The topological polar surface area (TPSA) is 15.3 Å². The van der Waals surface area contributed by atoms with E-state index in [0.29, 0.717) is 18.0 Å². The standard InChI is InChI=1S/C28H42N2/c1-8-9-11-14-21(2)25-19-26(25)29-28(6,7)20-30(27(3,4)5)24-17-23(18-24)22-15-12-10-13-16-22/h8-16,23-26,29H,2,17-20H2,1,3-7H3/b9-8-,14-11-/t23?,24?,25-,26?/m1/s1. The molecule has 1 unspecified atom stereocenters. The van der Waals surface area contributed by atoms with Crippen LogP contribution in [0.5, 0.6) is 0 Å². The van der Waals surface area contributed by atoms with Crippen LogP contribution >= 0.6 is 0 Å². The van der Waals surface area contributed by atoms with Crippen molar-refractivity contribution in [2.24, 2.45) is 5.92 Å². The van der Waals surface area contributed by atoms with Gasteiger partial charge in [-0.05, 0) is 72.3 Å². The summed E-state index contributed by atoms with van der Waals surface area (Å²) in [5.74, 6) is 1.30. The highest BCUT2D eigenvalue weighted by Crippen LogP contribution is 2.43. The molecular formula is C28H42N2. The van der Waals surface area contributed by atoms with Gasteiger partial charge in [0.25, 0.3) is 0 Å². The van der Waals surface area contributed by atoms with E-state index in [9.17, 15) is 0 Å². The van der Waals surface area contributed by atoms with Crippen molar-refractivity contribution in [1.82, 2.24) is 10.2 Å². The summed E-state index contributed by atoms with van der Waals surface area (Å²) in [5.41, 5.74) is 3.01. The maximum Gasteiger partial charge on any atom is 0.0255 e. The second kappa shape index (κ2) is 9.24. The summed E-state index contributed by atoms with van der Waals surface area (Å²) in [6, 6.07) is 12.3. The zero-order valence-electron chi connectivity index (χ0n) is 20.0.